The molecular weight excluding hydrogens is 124 g/mol. The molecule has 1 aromatic heterocycles. The highest BCUT2D eigenvalue weighted by Crippen LogP contribution is 1.93. The molecule has 0 saturated carbocycles. The van der Waals surface area contributed by atoms with Gasteiger partial charge in [0.05, 0.1) is 12.5 Å². The molecule has 50 valence electrons. The first-order valence-corrected chi connectivity index (χ1v) is 3.14. The fraction of sp³-hybridized carbons (Fsp3) is 0.250. The summed E-state index contributed by atoms with van der Waals surface area (Å²) in [5.74, 6) is 0. The number of hydrogen-bond acceptors (Lipinski definition) is 1. The van der Waals surface area contributed by atoms with Crippen molar-refractivity contribution >= 4 is 0 Å². The van der Waals surface area contributed by atoms with Gasteiger partial charge in [-0.15, -0.1) is 0 Å². The van der Waals surface area contributed by atoms with Gasteiger partial charge in [-0.25, -0.2) is 4.57 Å². The molecule has 10 heavy (non-hydrogen) atoms. The third-order valence-corrected chi connectivity index (χ3v) is 1.33. The van der Waals surface area contributed by atoms with Crippen molar-refractivity contribution in [1.82, 2.24) is 0 Å². The Bertz CT molecular complexity index is 243. The van der Waals surface area contributed by atoms with Crippen LogP contribution in [0, 0.1) is 11.3 Å². The first-order valence-electron chi connectivity index (χ1n) is 3.14. The average molecular weight is 133 g/mol. The minimum absolute atomic E-state index is 0.501. The quantitative estimate of drug-likeness (QED) is 0.515. The summed E-state index contributed by atoms with van der Waals surface area (Å²) in [6.07, 6.45) is 4.38. The maximum Gasteiger partial charge on any atom is 0.168 e. The van der Waals surface area contributed by atoms with E-state index < -0.39 is 0 Å². The maximum absolute atomic E-state index is 8.33. The predicted octanol–water partition coefficient (Wildman–Crippen LogP) is 0.577. The Morgan fingerprint density at radius 3 is 2.60 bits per heavy atom. The minimum Gasteiger partial charge on any atom is -0.208 e. The highest BCUT2D eigenvalue weighted by Gasteiger charge is 1.92. The van der Waals surface area contributed by atoms with E-state index in [1.165, 1.54) is 0 Å². The van der Waals surface area contributed by atoms with Crippen LogP contribution in [0.4, 0.5) is 0 Å². The molecule has 1 aromatic rings. The fourth-order valence-corrected chi connectivity index (χ4v) is 0.741. The summed E-state index contributed by atoms with van der Waals surface area (Å²) in [7, 11) is 1.95. The lowest BCUT2D eigenvalue weighted by Gasteiger charge is -1.88. The van der Waals surface area contributed by atoms with Crippen LogP contribution in [0.25, 0.3) is 0 Å². The molecule has 0 atom stereocenters. The van der Waals surface area contributed by atoms with Gasteiger partial charge in [0.1, 0.15) is 7.05 Å². The van der Waals surface area contributed by atoms with Gasteiger partial charge >= 0.3 is 0 Å². The Kier molecular flexibility index (Phi) is 2.01. The number of aryl methyl sites for hydroxylation is 1. The first kappa shape index (κ1) is 6.76. The molecule has 0 N–H and O–H groups in total. The third kappa shape index (κ3) is 1.56. The van der Waals surface area contributed by atoms with Crippen molar-refractivity contribution < 1.29 is 4.57 Å². The van der Waals surface area contributed by atoms with Crippen LogP contribution < -0.4 is 4.57 Å². The molecule has 0 radical (unpaired) electrons. The van der Waals surface area contributed by atoms with E-state index in [2.05, 4.69) is 6.07 Å². The summed E-state index contributed by atoms with van der Waals surface area (Å²) in [6, 6.07) is 5.99. The molecule has 0 aliphatic heterocycles. The van der Waals surface area contributed by atoms with Gasteiger partial charge in [-0.2, -0.15) is 5.26 Å². The molecule has 1 rings (SSSR count). The summed E-state index contributed by atoms with van der Waals surface area (Å²) in [4.78, 5) is 0. The van der Waals surface area contributed by atoms with Gasteiger partial charge in [-0.1, -0.05) is 0 Å². The Morgan fingerprint density at radius 1 is 1.50 bits per heavy atom. The summed E-state index contributed by atoms with van der Waals surface area (Å²) >= 11 is 0. The third-order valence-electron chi connectivity index (χ3n) is 1.33. The van der Waals surface area contributed by atoms with Crippen LogP contribution in [-0.2, 0) is 13.5 Å². The van der Waals surface area contributed by atoms with Crippen LogP contribution in [0.15, 0.2) is 24.5 Å². The molecule has 0 aromatic carbocycles. The Balaban J connectivity index is 2.81. The SMILES string of the molecule is C[n+]1ccc(CC#N)cc1. The maximum atomic E-state index is 8.33. The Morgan fingerprint density at radius 2 is 2.10 bits per heavy atom. The van der Waals surface area contributed by atoms with E-state index in [0.29, 0.717) is 6.42 Å². The lowest BCUT2D eigenvalue weighted by Crippen LogP contribution is -2.25. The molecule has 0 fully saturated rings. The molecule has 0 bridgehead atoms. The van der Waals surface area contributed by atoms with Crippen LogP contribution in [0.5, 0.6) is 0 Å². The minimum atomic E-state index is 0.501. The van der Waals surface area contributed by atoms with Crippen molar-refractivity contribution in [3.05, 3.63) is 30.1 Å². The zero-order valence-electron chi connectivity index (χ0n) is 5.91. The van der Waals surface area contributed by atoms with Crippen LogP contribution >= 0.6 is 0 Å². The summed E-state index contributed by atoms with van der Waals surface area (Å²) in [5.41, 5.74) is 1.07. The zero-order valence-corrected chi connectivity index (χ0v) is 5.91. The van der Waals surface area contributed by atoms with E-state index >= 15 is 0 Å². The zero-order chi connectivity index (χ0) is 7.40. The van der Waals surface area contributed by atoms with E-state index in [1.54, 1.807) is 0 Å². The van der Waals surface area contributed by atoms with E-state index in [1.807, 2.05) is 36.1 Å². The van der Waals surface area contributed by atoms with Crippen LogP contribution in [0.3, 0.4) is 0 Å². The number of pyridine rings is 1. The monoisotopic (exact) mass is 133 g/mol. The lowest BCUT2D eigenvalue weighted by atomic mass is 10.2. The molecule has 1 heterocycles. The van der Waals surface area contributed by atoms with Crippen molar-refractivity contribution in [1.29, 1.82) is 5.26 Å². The van der Waals surface area contributed by atoms with E-state index in [4.69, 9.17) is 5.26 Å². The van der Waals surface area contributed by atoms with Gasteiger partial charge < -0.3 is 0 Å². The standard InChI is InChI=1S/C8H9N2/c1-10-6-3-8(2-5-9)4-7-10/h3-4,6-7H,2H2,1H3/q+1. The van der Waals surface area contributed by atoms with Crippen molar-refractivity contribution in [2.24, 2.45) is 7.05 Å². The highest BCUT2D eigenvalue weighted by atomic mass is 14.9. The van der Waals surface area contributed by atoms with Crippen molar-refractivity contribution in [2.45, 2.75) is 6.42 Å². The molecule has 0 amide bonds. The molecule has 0 aliphatic rings. The number of nitrogens with zero attached hydrogens (tertiary/aromatic N) is 2. The molecule has 2 nitrogen and oxygen atoms in total. The van der Waals surface area contributed by atoms with Gasteiger partial charge in [-0.3, -0.25) is 0 Å². The predicted molar refractivity (Wildman–Crippen MR) is 36.9 cm³/mol. The van der Waals surface area contributed by atoms with Crippen LogP contribution in [0.1, 0.15) is 5.56 Å². The summed E-state index contributed by atoms with van der Waals surface area (Å²) < 4.78 is 1.95. The molecule has 2 heteroatoms. The normalized spacial score (nSPS) is 8.80. The smallest absolute Gasteiger partial charge is 0.168 e. The van der Waals surface area contributed by atoms with Gasteiger partial charge in [0.2, 0.25) is 0 Å². The molecule has 0 spiro atoms. The molecule has 0 unspecified atom stereocenters. The fourth-order valence-electron chi connectivity index (χ4n) is 0.741. The second-order valence-corrected chi connectivity index (χ2v) is 2.21. The van der Waals surface area contributed by atoms with Crippen LogP contribution in [0.2, 0.25) is 0 Å². The molecule has 0 aliphatic carbocycles. The Labute approximate surface area is 60.3 Å². The van der Waals surface area contributed by atoms with Crippen LogP contribution in [-0.4, -0.2) is 0 Å². The van der Waals surface area contributed by atoms with E-state index in [-0.39, 0.29) is 0 Å². The van der Waals surface area contributed by atoms with Gasteiger partial charge in [0.25, 0.3) is 0 Å². The number of rotatable bonds is 1. The van der Waals surface area contributed by atoms with Gasteiger partial charge in [0.15, 0.2) is 12.4 Å². The second-order valence-electron chi connectivity index (χ2n) is 2.21. The van der Waals surface area contributed by atoms with Gasteiger partial charge in [-0.05, 0) is 5.56 Å². The largest absolute Gasteiger partial charge is 0.208 e. The van der Waals surface area contributed by atoms with Crippen molar-refractivity contribution in [2.75, 3.05) is 0 Å². The van der Waals surface area contributed by atoms with E-state index in [9.17, 15) is 0 Å². The molecule has 0 saturated heterocycles. The second kappa shape index (κ2) is 2.98. The van der Waals surface area contributed by atoms with E-state index in [0.717, 1.165) is 5.56 Å². The van der Waals surface area contributed by atoms with Gasteiger partial charge in [0, 0.05) is 12.1 Å². The number of hydrogen-bond donors (Lipinski definition) is 0. The molecular formula is C8H9N2+. The number of nitriles is 1. The summed E-state index contributed by atoms with van der Waals surface area (Å²) in [6.45, 7) is 0. The number of aromatic nitrogens is 1. The first-order chi connectivity index (χ1) is 4.83. The Hall–Kier alpha value is -1.36. The topological polar surface area (TPSA) is 27.7 Å². The summed E-state index contributed by atoms with van der Waals surface area (Å²) in [5, 5.41) is 8.33. The van der Waals surface area contributed by atoms with Crippen molar-refractivity contribution in [3.63, 3.8) is 0 Å². The highest BCUT2D eigenvalue weighted by molar-refractivity contribution is 5.11. The lowest BCUT2D eigenvalue weighted by molar-refractivity contribution is -0.671. The van der Waals surface area contributed by atoms with Crippen molar-refractivity contribution in [3.8, 4) is 6.07 Å². The average Bonchev–Trinajstić information content (AvgIpc) is 1.95.